The number of benzene rings is 1. The lowest BCUT2D eigenvalue weighted by molar-refractivity contribution is -0.143. The van der Waals surface area contributed by atoms with Gasteiger partial charge in [0.1, 0.15) is 5.82 Å². The molecule has 0 aromatic heterocycles. The van der Waals surface area contributed by atoms with E-state index in [2.05, 4.69) is 22.9 Å². The highest BCUT2D eigenvalue weighted by atomic mass is 79.9. The van der Waals surface area contributed by atoms with Gasteiger partial charge in [-0.2, -0.15) is 0 Å². The van der Waals surface area contributed by atoms with Crippen LogP contribution in [0.5, 0.6) is 0 Å². The van der Waals surface area contributed by atoms with Crippen LogP contribution in [0.3, 0.4) is 0 Å². The minimum absolute atomic E-state index is 0.272. The summed E-state index contributed by atoms with van der Waals surface area (Å²) in [6, 6.07) is 4.61. The number of hydrogen-bond donors (Lipinski definition) is 1. The van der Waals surface area contributed by atoms with Crippen LogP contribution < -0.4 is 0 Å². The average molecular weight is 359 g/mol. The topological polar surface area (TPSA) is 29.5 Å². The fraction of sp³-hybridized carbons (Fsp3) is 0.647. The van der Waals surface area contributed by atoms with Crippen molar-refractivity contribution in [3.8, 4) is 0 Å². The van der Waals surface area contributed by atoms with Crippen LogP contribution in [0, 0.1) is 11.7 Å². The quantitative estimate of drug-likeness (QED) is 0.840. The molecule has 0 radical (unpaired) electrons. The average Bonchev–Trinajstić information content (AvgIpc) is 2.45. The highest BCUT2D eigenvalue weighted by molar-refractivity contribution is 9.10. The van der Waals surface area contributed by atoms with Crippen molar-refractivity contribution in [1.82, 2.24) is 0 Å². The molecule has 1 aliphatic rings. The van der Waals surface area contributed by atoms with Gasteiger partial charge in [0.05, 0.1) is 11.7 Å². The summed E-state index contributed by atoms with van der Waals surface area (Å²) in [4.78, 5) is 0. The SMILES string of the molecule is CCOC1(C(O)Cc2ccc(F)cc2Br)CCC(C)CC1. The highest BCUT2D eigenvalue weighted by Crippen LogP contribution is 2.38. The Morgan fingerprint density at radius 2 is 2.10 bits per heavy atom. The van der Waals surface area contributed by atoms with Gasteiger partial charge in [-0.3, -0.25) is 0 Å². The second kappa shape index (κ2) is 7.21. The van der Waals surface area contributed by atoms with E-state index in [9.17, 15) is 9.50 Å². The standard InChI is InChI=1S/C17H24BrFO2/c1-3-21-17(8-6-12(2)7-9-17)16(20)10-13-4-5-14(19)11-15(13)18/h4-5,11-12,16,20H,3,6-10H2,1-2H3. The molecule has 1 aromatic carbocycles. The first-order valence-electron chi connectivity index (χ1n) is 7.73. The van der Waals surface area contributed by atoms with Crippen molar-refractivity contribution < 1.29 is 14.2 Å². The van der Waals surface area contributed by atoms with Crippen LogP contribution in [-0.2, 0) is 11.2 Å². The normalized spacial score (nSPS) is 27.6. The van der Waals surface area contributed by atoms with Crippen LogP contribution in [0.4, 0.5) is 4.39 Å². The molecular weight excluding hydrogens is 335 g/mol. The van der Waals surface area contributed by atoms with E-state index in [1.165, 1.54) is 12.1 Å². The third kappa shape index (κ3) is 4.05. The Morgan fingerprint density at radius 1 is 1.43 bits per heavy atom. The molecule has 21 heavy (non-hydrogen) atoms. The summed E-state index contributed by atoms with van der Waals surface area (Å²) in [5.41, 5.74) is 0.469. The second-order valence-corrected chi connectivity index (χ2v) is 6.99. The Hall–Kier alpha value is -0.450. The molecule has 0 amide bonds. The first kappa shape index (κ1) is 16.9. The van der Waals surface area contributed by atoms with Crippen LogP contribution in [0.15, 0.2) is 22.7 Å². The lowest BCUT2D eigenvalue weighted by atomic mass is 9.75. The van der Waals surface area contributed by atoms with E-state index in [-0.39, 0.29) is 5.82 Å². The molecule has 1 unspecified atom stereocenters. The van der Waals surface area contributed by atoms with Gasteiger partial charge in [-0.05, 0) is 56.2 Å². The van der Waals surface area contributed by atoms with E-state index in [0.29, 0.717) is 23.4 Å². The third-order valence-electron chi connectivity index (χ3n) is 4.59. The van der Waals surface area contributed by atoms with Gasteiger partial charge in [0.2, 0.25) is 0 Å². The maximum absolute atomic E-state index is 13.2. The van der Waals surface area contributed by atoms with Crippen LogP contribution in [0.1, 0.15) is 45.1 Å². The molecule has 1 atom stereocenters. The number of hydrogen-bond acceptors (Lipinski definition) is 2. The highest BCUT2D eigenvalue weighted by Gasteiger charge is 2.41. The minimum Gasteiger partial charge on any atom is -0.390 e. The van der Waals surface area contributed by atoms with Crippen LogP contribution >= 0.6 is 15.9 Å². The molecule has 118 valence electrons. The summed E-state index contributed by atoms with van der Waals surface area (Å²) in [6.07, 6.45) is 3.87. The summed E-state index contributed by atoms with van der Waals surface area (Å²) in [7, 11) is 0. The van der Waals surface area contributed by atoms with Gasteiger partial charge < -0.3 is 9.84 Å². The number of halogens is 2. The summed E-state index contributed by atoms with van der Waals surface area (Å²) >= 11 is 3.37. The van der Waals surface area contributed by atoms with Crippen molar-refractivity contribution in [3.63, 3.8) is 0 Å². The summed E-state index contributed by atoms with van der Waals surface area (Å²) in [5, 5.41) is 10.7. The number of aliphatic hydroxyl groups is 1. The Labute approximate surface area is 134 Å². The maximum atomic E-state index is 13.2. The Balaban J connectivity index is 2.13. The van der Waals surface area contributed by atoms with Gasteiger partial charge in [0.25, 0.3) is 0 Å². The zero-order chi connectivity index (χ0) is 15.5. The first-order valence-corrected chi connectivity index (χ1v) is 8.52. The molecule has 0 bridgehead atoms. The monoisotopic (exact) mass is 358 g/mol. The molecule has 0 saturated heterocycles. The Bertz CT molecular complexity index is 470. The molecule has 1 aliphatic carbocycles. The van der Waals surface area contributed by atoms with Crippen molar-refractivity contribution in [3.05, 3.63) is 34.1 Å². The zero-order valence-corrected chi connectivity index (χ0v) is 14.3. The van der Waals surface area contributed by atoms with Crippen LogP contribution in [0.2, 0.25) is 0 Å². The molecule has 1 N–H and O–H groups in total. The molecule has 0 aliphatic heterocycles. The van der Waals surface area contributed by atoms with Crippen molar-refractivity contribution in [2.45, 2.75) is 57.7 Å². The summed E-state index contributed by atoms with van der Waals surface area (Å²) in [6.45, 7) is 4.83. The second-order valence-electron chi connectivity index (χ2n) is 6.14. The molecule has 2 rings (SSSR count). The Morgan fingerprint density at radius 3 is 2.67 bits per heavy atom. The van der Waals surface area contributed by atoms with Gasteiger partial charge in [-0.15, -0.1) is 0 Å². The van der Waals surface area contributed by atoms with Crippen molar-refractivity contribution in [2.75, 3.05) is 6.61 Å². The van der Waals surface area contributed by atoms with Gasteiger partial charge in [-0.1, -0.05) is 28.9 Å². The fourth-order valence-corrected chi connectivity index (χ4v) is 3.71. The zero-order valence-electron chi connectivity index (χ0n) is 12.7. The molecule has 4 heteroatoms. The van der Waals surface area contributed by atoms with Crippen molar-refractivity contribution in [2.24, 2.45) is 5.92 Å². The van der Waals surface area contributed by atoms with Gasteiger partial charge >= 0.3 is 0 Å². The lowest BCUT2D eigenvalue weighted by Crippen LogP contribution is -2.48. The Kier molecular flexibility index (Phi) is 5.81. The van der Waals surface area contributed by atoms with Gasteiger partial charge in [0, 0.05) is 17.5 Å². The number of ether oxygens (including phenoxy) is 1. The predicted octanol–water partition coefficient (Wildman–Crippen LogP) is 4.48. The molecule has 1 saturated carbocycles. The van der Waals surface area contributed by atoms with E-state index >= 15 is 0 Å². The van der Waals surface area contributed by atoms with Gasteiger partial charge in [0.15, 0.2) is 0 Å². The number of rotatable bonds is 5. The van der Waals surface area contributed by atoms with Crippen molar-refractivity contribution in [1.29, 1.82) is 0 Å². The third-order valence-corrected chi connectivity index (χ3v) is 5.33. The van der Waals surface area contributed by atoms with E-state index in [0.717, 1.165) is 31.2 Å². The van der Waals surface area contributed by atoms with Gasteiger partial charge in [-0.25, -0.2) is 4.39 Å². The molecular formula is C17H24BrFO2. The van der Waals surface area contributed by atoms with E-state index in [4.69, 9.17) is 4.74 Å². The summed E-state index contributed by atoms with van der Waals surface area (Å²) in [5.74, 6) is 0.425. The number of aliphatic hydroxyl groups excluding tert-OH is 1. The largest absolute Gasteiger partial charge is 0.390 e. The predicted molar refractivity (Wildman–Crippen MR) is 85.8 cm³/mol. The van der Waals surface area contributed by atoms with E-state index < -0.39 is 11.7 Å². The molecule has 1 fully saturated rings. The molecule has 2 nitrogen and oxygen atoms in total. The molecule has 0 heterocycles. The minimum atomic E-state index is -0.563. The van der Waals surface area contributed by atoms with Crippen molar-refractivity contribution >= 4 is 15.9 Å². The summed E-state index contributed by atoms with van der Waals surface area (Å²) < 4.78 is 19.8. The van der Waals surface area contributed by atoms with Crippen LogP contribution in [-0.4, -0.2) is 23.4 Å². The maximum Gasteiger partial charge on any atom is 0.124 e. The first-order chi connectivity index (χ1) is 9.97. The molecule has 0 spiro atoms. The molecule has 1 aromatic rings. The van der Waals surface area contributed by atoms with E-state index in [1.54, 1.807) is 6.07 Å². The fourth-order valence-electron chi connectivity index (χ4n) is 3.19. The van der Waals surface area contributed by atoms with E-state index in [1.807, 2.05) is 6.92 Å². The van der Waals surface area contributed by atoms with Crippen LogP contribution in [0.25, 0.3) is 0 Å². The smallest absolute Gasteiger partial charge is 0.124 e. The lowest BCUT2D eigenvalue weighted by Gasteiger charge is -2.42.